The van der Waals surface area contributed by atoms with Gasteiger partial charge in [0, 0.05) is 20.7 Å². The second-order valence-corrected chi connectivity index (χ2v) is 5.17. The van der Waals surface area contributed by atoms with Crippen molar-refractivity contribution >= 4 is 33.2 Å². The Labute approximate surface area is 123 Å². The fourth-order valence-electron chi connectivity index (χ4n) is 1.66. The Bertz CT molecular complexity index is 640. The standard InChI is InChI=1S/C14H9BrClFN2/c15-13-6-9(16)4-5-12(13)14(8-18)19-11-3-1-2-10(17)7-11/h1-7,14,19H. The van der Waals surface area contributed by atoms with Crippen LogP contribution in [0.15, 0.2) is 46.9 Å². The van der Waals surface area contributed by atoms with E-state index in [0.717, 1.165) is 10.0 Å². The monoisotopic (exact) mass is 338 g/mol. The summed E-state index contributed by atoms with van der Waals surface area (Å²) < 4.78 is 13.8. The number of nitrogens with zero attached hydrogens (tertiary/aromatic N) is 1. The lowest BCUT2D eigenvalue weighted by molar-refractivity contribution is 0.628. The molecule has 0 aromatic heterocycles. The number of anilines is 1. The SMILES string of the molecule is N#CC(Nc1cccc(F)c1)c1ccc(Cl)cc1Br. The molecule has 1 atom stereocenters. The first-order valence-corrected chi connectivity index (χ1v) is 6.64. The predicted molar refractivity (Wildman–Crippen MR) is 77.5 cm³/mol. The van der Waals surface area contributed by atoms with Crippen LogP contribution >= 0.6 is 27.5 Å². The van der Waals surface area contributed by atoms with Gasteiger partial charge < -0.3 is 5.32 Å². The second kappa shape index (κ2) is 6.05. The van der Waals surface area contributed by atoms with Gasteiger partial charge in [-0.2, -0.15) is 5.26 Å². The molecule has 2 aromatic rings. The van der Waals surface area contributed by atoms with Crippen LogP contribution in [-0.2, 0) is 0 Å². The van der Waals surface area contributed by atoms with Crippen LogP contribution in [0, 0.1) is 17.1 Å². The fraction of sp³-hybridized carbons (Fsp3) is 0.0714. The number of hydrogen-bond acceptors (Lipinski definition) is 2. The maximum Gasteiger partial charge on any atom is 0.141 e. The first-order chi connectivity index (χ1) is 9.10. The molecule has 0 amide bonds. The third-order valence-corrected chi connectivity index (χ3v) is 3.46. The zero-order valence-electron chi connectivity index (χ0n) is 9.70. The van der Waals surface area contributed by atoms with Crippen LogP contribution in [0.25, 0.3) is 0 Å². The van der Waals surface area contributed by atoms with Crippen LogP contribution in [0.1, 0.15) is 11.6 Å². The molecule has 0 aliphatic heterocycles. The molecule has 1 unspecified atom stereocenters. The van der Waals surface area contributed by atoms with Crippen LogP contribution in [0.5, 0.6) is 0 Å². The highest BCUT2D eigenvalue weighted by molar-refractivity contribution is 9.10. The molecule has 19 heavy (non-hydrogen) atoms. The van der Waals surface area contributed by atoms with E-state index >= 15 is 0 Å². The maximum atomic E-state index is 13.1. The third-order valence-electron chi connectivity index (χ3n) is 2.54. The Morgan fingerprint density at radius 2 is 2.05 bits per heavy atom. The number of nitriles is 1. The molecule has 0 aliphatic carbocycles. The summed E-state index contributed by atoms with van der Waals surface area (Å²) in [5, 5.41) is 12.8. The molecule has 1 N–H and O–H groups in total. The molecule has 0 saturated carbocycles. The highest BCUT2D eigenvalue weighted by Crippen LogP contribution is 2.28. The van der Waals surface area contributed by atoms with Crippen molar-refractivity contribution in [2.75, 3.05) is 5.32 Å². The normalized spacial score (nSPS) is 11.7. The van der Waals surface area contributed by atoms with E-state index in [1.807, 2.05) is 0 Å². The molecule has 0 radical (unpaired) electrons. The molecule has 2 aromatic carbocycles. The maximum absolute atomic E-state index is 13.1. The van der Waals surface area contributed by atoms with Gasteiger partial charge in [0.1, 0.15) is 11.9 Å². The molecule has 0 bridgehead atoms. The van der Waals surface area contributed by atoms with Crippen LogP contribution in [0.3, 0.4) is 0 Å². The van der Waals surface area contributed by atoms with E-state index in [9.17, 15) is 9.65 Å². The van der Waals surface area contributed by atoms with Crippen molar-refractivity contribution < 1.29 is 4.39 Å². The van der Waals surface area contributed by atoms with Crippen molar-refractivity contribution in [2.45, 2.75) is 6.04 Å². The lowest BCUT2D eigenvalue weighted by Gasteiger charge is -2.15. The number of rotatable bonds is 3. The van der Waals surface area contributed by atoms with Gasteiger partial charge in [-0.05, 0) is 30.3 Å². The smallest absolute Gasteiger partial charge is 0.141 e. The lowest BCUT2D eigenvalue weighted by Crippen LogP contribution is -2.09. The van der Waals surface area contributed by atoms with E-state index in [1.54, 1.807) is 30.3 Å². The van der Waals surface area contributed by atoms with Crippen molar-refractivity contribution in [3.05, 3.63) is 63.3 Å². The average molecular weight is 340 g/mol. The number of hydrogen-bond donors (Lipinski definition) is 1. The Morgan fingerprint density at radius 3 is 2.68 bits per heavy atom. The number of nitrogens with one attached hydrogen (secondary N) is 1. The average Bonchev–Trinajstić information content (AvgIpc) is 2.37. The molecule has 0 fully saturated rings. The van der Waals surface area contributed by atoms with Crippen molar-refractivity contribution in [1.82, 2.24) is 0 Å². The summed E-state index contributed by atoms with van der Waals surface area (Å²) in [6.45, 7) is 0. The highest BCUT2D eigenvalue weighted by Gasteiger charge is 2.14. The van der Waals surface area contributed by atoms with E-state index < -0.39 is 6.04 Å². The Balaban J connectivity index is 2.28. The third kappa shape index (κ3) is 3.46. The molecular formula is C14H9BrClFN2. The molecule has 0 aliphatic rings. The van der Waals surface area contributed by atoms with Crippen molar-refractivity contribution in [3.63, 3.8) is 0 Å². The van der Waals surface area contributed by atoms with Crippen LogP contribution in [0.4, 0.5) is 10.1 Å². The van der Waals surface area contributed by atoms with Crippen LogP contribution in [0.2, 0.25) is 5.02 Å². The van der Waals surface area contributed by atoms with Gasteiger partial charge in [-0.15, -0.1) is 0 Å². The van der Waals surface area contributed by atoms with E-state index in [1.165, 1.54) is 12.1 Å². The predicted octanol–water partition coefficient (Wildman–Crippen LogP) is 4.92. The molecule has 2 rings (SSSR count). The summed E-state index contributed by atoms with van der Waals surface area (Å²) in [7, 11) is 0. The summed E-state index contributed by atoms with van der Waals surface area (Å²) >= 11 is 9.23. The molecule has 2 nitrogen and oxygen atoms in total. The van der Waals surface area contributed by atoms with Gasteiger partial charge in [-0.1, -0.05) is 39.7 Å². The molecule has 0 spiro atoms. The van der Waals surface area contributed by atoms with E-state index in [4.69, 9.17) is 11.6 Å². The second-order valence-electron chi connectivity index (χ2n) is 3.88. The Morgan fingerprint density at radius 1 is 1.26 bits per heavy atom. The minimum atomic E-state index is -0.589. The summed E-state index contributed by atoms with van der Waals surface area (Å²) in [5.74, 6) is -0.350. The molecule has 5 heteroatoms. The fourth-order valence-corrected chi connectivity index (χ4v) is 2.57. The minimum Gasteiger partial charge on any atom is -0.366 e. The van der Waals surface area contributed by atoms with Crippen molar-refractivity contribution in [1.29, 1.82) is 5.26 Å². The Kier molecular flexibility index (Phi) is 4.41. The van der Waals surface area contributed by atoms with Gasteiger partial charge >= 0.3 is 0 Å². The van der Waals surface area contributed by atoms with Gasteiger partial charge in [0.25, 0.3) is 0 Å². The van der Waals surface area contributed by atoms with Crippen LogP contribution < -0.4 is 5.32 Å². The zero-order valence-corrected chi connectivity index (χ0v) is 12.0. The zero-order chi connectivity index (χ0) is 13.8. The molecule has 96 valence electrons. The lowest BCUT2D eigenvalue weighted by atomic mass is 10.1. The summed E-state index contributed by atoms with van der Waals surface area (Å²) in [5.41, 5.74) is 1.30. The highest BCUT2D eigenvalue weighted by atomic mass is 79.9. The molecular weight excluding hydrogens is 331 g/mol. The van der Waals surface area contributed by atoms with E-state index in [-0.39, 0.29) is 5.82 Å². The number of halogens is 3. The molecule has 0 saturated heterocycles. The van der Waals surface area contributed by atoms with Crippen LogP contribution in [-0.4, -0.2) is 0 Å². The largest absolute Gasteiger partial charge is 0.366 e. The quantitative estimate of drug-likeness (QED) is 0.861. The topological polar surface area (TPSA) is 35.8 Å². The van der Waals surface area contributed by atoms with Gasteiger partial charge in [0.2, 0.25) is 0 Å². The van der Waals surface area contributed by atoms with Gasteiger partial charge in [0.05, 0.1) is 6.07 Å². The first kappa shape index (κ1) is 13.9. The Hall–Kier alpha value is -1.57. The summed E-state index contributed by atoms with van der Waals surface area (Å²) in [4.78, 5) is 0. The van der Waals surface area contributed by atoms with Gasteiger partial charge in [-0.3, -0.25) is 0 Å². The van der Waals surface area contributed by atoms with Gasteiger partial charge in [0.15, 0.2) is 0 Å². The number of benzene rings is 2. The van der Waals surface area contributed by atoms with E-state index in [2.05, 4.69) is 27.3 Å². The summed E-state index contributed by atoms with van der Waals surface area (Å²) in [6, 6.07) is 12.7. The van der Waals surface area contributed by atoms with Crippen molar-refractivity contribution in [2.24, 2.45) is 0 Å². The first-order valence-electron chi connectivity index (χ1n) is 5.47. The van der Waals surface area contributed by atoms with Gasteiger partial charge in [-0.25, -0.2) is 4.39 Å². The molecule has 0 heterocycles. The minimum absolute atomic E-state index is 0.350. The summed E-state index contributed by atoms with van der Waals surface area (Å²) in [6.07, 6.45) is 0. The van der Waals surface area contributed by atoms with Crippen molar-refractivity contribution in [3.8, 4) is 6.07 Å². The van der Waals surface area contributed by atoms with E-state index in [0.29, 0.717) is 10.7 Å².